The molecule has 5 atom stereocenters. The van der Waals surface area contributed by atoms with Gasteiger partial charge in [0, 0.05) is 13.3 Å². The molecule has 0 spiro atoms. The van der Waals surface area contributed by atoms with Crippen LogP contribution in [0.1, 0.15) is 13.3 Å². The lowest BCUT2D eigenvalue weighted by atomic mass is 9.95. The van der Waals surface area contributed by atoms with Gasteiger partial charge in [0.1, 0.15) is 18.3 Å². The van der Waals surface area contributed by atoms with E-state index in [9.17, 15) is 25.2 Å². The average molecular weight is 261 g/mol. The molecule has 0 heterocycles. The van der Waals surface area contributed by atoms with Crippen molar-refractivity contribution in [2.45, 2.75) is 43.8 Å². The van der Waals surface area contributed by atoms with Crippen LogP contribution in [0.15, 0.2) is 0 Å². The predicted octanol–water partition coefficient (Wildman–Crippen LogP) is -3.05. The highest BCUT2D eigenvalue weighted by atomic mass is 16.4. The summed E-state index contributed by atoms with van der Waals surface area (Å²) in [6.45, 7) is 0.396. The summed E-state index contributed by atoms with van der Waals surface area (Å²) in [4.78, 5) is 11.0. The molecule has 104 valence electrons. The lowest BCUT2D eigenvalue weighted by Gasteiger charge is -2.31. The molecule has 0 aliphatic rings. The van der Waals surface area contributed by atoms with Crippen LogP contribution in [0, 0.1) is 12.3 Å². The maximum absolute atomic E-state index is 11.0. The highest BCUT2D eigenvalue weighted by Crippen LogP contribution is 2.10. The van der Waals surface area contributed by atoms with Gasteiger partial charge in [-0.15, -0.1) is 12.3 Å². The number of aliphatic hydroxyl groups is 5. The van der Waals surface area contributed by atoms with Crippen LogP contribution in [0.2, 0.25) is 0 Å². The van der Waals surface area contributed by atoms with Gasteiger partial charge >= 0.3 is 0 Å². The largest absolute Gasteiger partial charge is 0.394 e. The molecular formula is C11H19NO6. The zero-order valence-corrected chi connectivity index (χ0v) is 10.0. The van der Waals surface area contributed by atoms with Crippen molar-refractivity contribution in [2.75, 3.05) is 6.61 Å². The number of rotatable bonds is 7. The number of carbonyl (C=O) groups is 1. The van der Waals surface area contributed by atoms with E-state index < -0.39 is 43.0 Å². The molecule has 0 saturated heterocycles. The summed E-state index contributed by atoms with van der Waals surface area (Å²) < 4.78 is 0. The topological polar surface area (TPSA) is 130 Å². The Balaban J connectivity index is 4.83. The van der Waals surface area contributed by atoms with Crippen LogP contribution in [-0.4, -0.2) is 68.5 Å². The van der Waals surface area contributed by atoms with Crippen molar-refractivity contribution in [1.29, 1.82) is 0 Å². The summed E-state index contributed by atoms with van der Waals surface area (Å²) in [7, 11) is 0. The first kappa shape index (κ1) is 16.8. The van der Waals surface area contributed by atoms with Gasteiger partial charge in [-0.25, -0.2) is 0 Å². The number of nitrogens with one attached hydrogen (secondary N) is 1. The first-order valence-corrected chi connectivity index (χ1v) is 5.38. The molecule has 18 heavy (non-hydrogen) atoms. The molecule has 0 saturated carbocycles. The van der Waals surface area contributed by atoms with Gasteiger partial charge in [-0.2, -0.15) is 0 Å². The van der Waals surface area contributed by atoms with Gasteiger partial charge in [-0.1, -0.05) is 0 Å². The molecule has 0 aliphatic heterocycles. The van der Waals surface area contributed by atoms with Crippen LogP contribution >= 0.6 is 0 Å². The molecule has 7 heteroatoms. The Bertz CT molecular complexity index is 302. The molecule has 1 amide bonds. The first-order chi connectivity index (χ1) is 8.34. The Kier molecular flexibility index (Phi) is 7.50. The third-order valence-corrected chi connectivity index (χ3v) is 2.41. The summed E-state index contributed by atoms with van der Waals surface area (Å²) in [5.41, 5.74) is 0. The van der Waals surface area contributed by atoms with E-state index in [1.165, 1.54) is 0 Å². The summed E-state index contributed by atoms with van der Waals surface area (Å²) in [6.07, 6.45) is -1.41. The van der Waals surface area contributed by atoms with Crippen LogP contribution in [0.4, 0.5) is 0 Å². The molecule has 0 fully saturated rings. The van der Waals surface area contributed by atoms with Crippen molar-refractivity contribution < 1.29 is 30.3 Å². The minimum atomic E-state index is -1.72. The monoisotopic (exact) mass is 261 g/mol. The van der Waals surface area contributed by atoms with E-state index in [0.717, 1.165) is 6.92 Å². The van der Waals surface area contributed by atoms with Gasteiger partial charge in [-0.3, -0.25) is 4.79 Å². The van der Waals surface area contributed by atoms with E-state index in [4.69, 9.17) is 11.5 Å². The Labute approximate surface area is 105 Å². The van der Waals surface area contributed by atoms with Crippen molar-refractivity contribution in [1.82, 2.24) is 5.32 Å². The Morgan fingerprint density at radius 1 is 1.22 bits per heavy atom. The highest BCUT2D eigenvalue weighted by molar-refractivity contribution is 5.73. The van der Waals surface area contributed by atoms with E-state index in [-0.39, 0.29) is 6.42 Å². The molecule has 0 aliphatic carbocycles. The molecule has 0 aromatic carbocycles. The molecular weight excluding hydrogens is 242 g/mol. The normalized spacial score (nSPS) is 19.2. The summed E-state index contributed by atoms with van der Waals surface area (Å²) in [5.74, 6) is 1.61. The minimum Gasteiger partial charge on any atom is -0.394 e. The van der Waals surface area contributed by atoms with Crippen LogP contribution in [0.25, 0.3) is 0 Å². The molecule has 0 rings (SSSR count). The quantitative estimate of drug-likeness (QED) is 0.270. The Morgan fingerprint density at radius 3 is 2.17 bits per heavy atom. The predicted molar refractivity (Wildman–Crippen MR) is 62.2 cm³/mol. The SMILES string of the molecule is C#CCC(O)[C@@H](NC(C)=O)[C@@H](O)[C@H](O)[C@H](O)CO. The first-order valence-electron chi connectivity index (χ1n) is 5.38. The average Bonchev–Trinajstić information content (AvgIpc) is 2.33. The van der Waals surface area contributed by atoms with E-state index in [2.05, 4.69) is 11.2 Å². The van der Waals surface area contributed by atoms with Gasteiger partial charge in [0.15, 0.2) is 0 Å². The smallest absolute Gasteiger partial charge is 0.217 e. The molecule has 1 unspecified atom stereocenters. The van der Waals surface area contributed by atoms with Crippen LogP contribution in [0.3, 0.4) is 0 Å². The molecule has 7 nitrogen and oxygen atoms in total. The fourth-order valence-electron chi connectivity index (χ4n) is 1.44. The van der Waals surface area contributed by atoms with E-state index in [1.54, 1.807) is 0 Å². The van der Waals surface area contributed by atoms with Gasteiger partial charge in [0.05, 0.1) is 18.8 Å². The lowest BCUT2D eigenvalue weighted by molar-refractivity contribution is -0.127. The maximum atomic E-state index is 11.0. The van der Waals surface area contributed by atoms with Crippen molar-refractivity contribution in [3.05, 3.63) is 0 Å². The second-order valence-corrected chi connectivity index (χ2v) is 3.93. The van der Waals surface area contributed by atoms with Gasteiger partial charge in [-0.05, 0) is 0 Å². The van der Waals surface area contributed by atoms with Crippen molar-refractivity contribution >= 4 is 5.91 Å². The van der Waals surface area contributed by atoms with Gasteiger partial charge in [0.25, 0.3) is 0 Å². The standard InChI is InChI=1S/C11H19NO6/c1-3-4-7(15)9(12-6(2)14)11(18)10(17)8(16)5-13/h1,7-11,13,15-18H,4-5H2,2H3,(H,12,14)/t7?,8-,9-,10-,11-/m1/s1. The summed E-state index contributed by atoms with van der Waals surface area (Å²) in [5, 5.41) is 49.0. The summed E-state index contributed by atoms with van der Waals surface area (Å²) in [6, 6.07) is -1.24. The molecule has 0 radical (unpaired) electrons. The number of terminal acetylenes is 1. The van der Waals surface area contributed by atoms with E-state index >= 15 is 0 Å². The van der Waals surface area contributed by atoms with Gasteiger partial charge in [0.2, 0.25) is 5.91 Å². The molecule has 0 aromatic rings. The van der Waals surface area contributed by atoms with Gasteiger partial charge < -0.3 is 30.8 Å². The van der Waals surface area contributed by atoms with E-state index in [0.29, 0.717) is 0 Å². The van der Waals surface area contributed by atoms with E-state index in [1.807, 2.05) is 0 Å². The minimum absolute atomic E-state index is 0.149. The Morgan fingerprint density at radius 2 is 1.78 bits per heavy atom. The number of aliphatic hydroxyl groups excluding tert-OH is 5. The summed E-state index contributed by atoms with van der Waals surface area (Å²) >= 11 is 0. The van der Waals surface area contributed by atoms with Crippen LogP contribution < -0.4 is 5.32 Å². The molecule has 0 aromatic heterocycles. The third-order valence-electron chi connectivity index (χ3n) is 2.41. The zero-order chi connectivity index (χ0) is 14.3. The second-order valence-electron chi connectivity index (χ2n) is 3.93. The maximum Gasteiger partial charge on any atom is 0.217 e. The fourth-order valence-corrected chi connectivity index (χ4v) is 1.44. The van der Waals surface area contributed by atoms with Crippen molar-refractivity contribution in [3.63, 3.8) is 0 Å². The second kappa shape index (κ2) is 8.02. The number of hydrogen-bond acceptors (Lipinski definition) is 6. The fraction of sp³-hybridized carbons (Fsp3) is 0.727. The lowest BCUT2D eigenvalue weighted by Crippen LogP contribution is -2.57. The van der Waals surface area contributed by atoms with Crippen molar-refractivity contribution in [3.8, 4) is 12.3 Å². The third kappa shape index (κ3) is 5.00. The van der Waals surface area contributed by atoms with Crippen LogP contribution in [0.5, 0.6) is 0 Å². The van der Waals surface area contributed by atoms with Crippen LogP contribution in [-0.2, 0) is 4.79 Å². The van der Waals surface area contributed by atoms with Crippen molar-refractivity contribution in [2.24, 2.45) is 0 Å². The number of carbonyl (C=O) groups excluding carboxylic acids is 1. The highest BCUT2D eigenvalue weighted by Gasteiger charge is 2.35. The molecule has 0 bridgehead atoms. The molecule has 6 N–H and O–H groups in total. The number of amides is 1. The number of hydrogen-bond donors (Lipinski definition) is 6. The Hall–Kier alpha value is -1.17. The zero-order valence-electron chi connectivity index (χ0n) is 10.0.